The summed E-state index contributed by atoms with van der Waals surface area (Å²) in [6.45, 7) is 5.34. The zero-order valence-corrected chi connectivity index (χ0v) is 13.9. The quantitative estimate of drug-likeness (QED) is 0.870. The van der Waals surface area contributed by atoms with E-state index >= 15 is 0 Å². The maximum atomic E-state index is 4.37. The fourth-order valence-electron chi connectivity index (χ4n) is 2.37. The first-order valence-corrected chi connectivity index (χ1v) is 7.87. The number of hydrogen-bond acceptors (Lipinski definition) is 2. The van der Waals surface area contributed by atoms with Gasteiger partial charge >= 0.3 is 0 Å². The van der Waals surface area contributed by atoms with Crippen molar-refractivity contribution in [3.8, 4) is 0 Å². The topological polar surface area (TPSA) is 29.9 Å². The van der Waals surface area contributed by atoms with Crippen LogP contribution in [0.5, 0.6) is 0 Å². The molecular formula is C16H22BrN3. The van der Waals surface area contributed by atoms with E-state index in [-0.39, 0.29) is 0 Å². The van der Waals surface area contributed by atoms with Crippen molar-refractivity contribution in [2.75, 3.05) is 6.54 Å². The van der Waals surface area contributed by atoms with Gasteiger partial charge in [-0.3, -0.25) is 4.68 Å². The second kappa shape index (κ2) is 7.04. The van der Waals surface area contributed by atoms with Gasteiger partial charge in [-0.15, -0.1) is 0 Å². The maximum Gasteiger partial charge on any atom is 0.0540 e. The summed E-state index contributed by atoms with van der Waals surface area (Å²) in [5.74, 6) is 0. The number of nitrogens with zero attached hydrogens (tertiary/aromatic N) is 2. The number of halogens is 1. The van der Waals surface area contributed by atoms with Crippen LogP contribution in [0.3, 0.4) is 0 Å². The molecule has 0 aliphatic heterocycles. The highest BCUT2D eigenvalue weighted by Gasteiger charge is 2.16. The number of aryl methyl sites for hydroxylation is 1. The molecule has 0 radical (unpaired) electrons. The zero-order valence-electron chi connectivity index (χ0n) is 12.4. The number of aromatic nitrogens is 2. The predicted molar refractivity (Wildman–Crippen MR) is 86.8 cm³/mol. The van der Waals surface area contributed by atoms with Crippen molar-refractivity contribution in [3.63, 3.8) is 0 Å². The van der Waals surface area contributed by atoms with Gasteiger partial charge in [-0.1, -0.05) is 35.0 Å². The number of benzene rings is 1. The molecule has 3 nitrogen and oxygen atoms in total. The van der Waals surface area contributed by atoms with E-state index < -0.39 is 0 Å². The van der Waals surface area contributed by atoms with Gasteiger partial charge in [-0.2, -0.15) is 5.10 Å². The van der Waals surface area contributed by atoms with E-state index in [1.165, 1.54) is 16.8 Å². The lowest BCUT2D eigenvalue weighted by Gasteiger charge is -2.19. The third-order valence-electron chi connectivity index (χ3n) is 3.62. The van der Waals surface area contributed by atoms with Crippen LogP contribution in [0.2, 0.25) is 0 Å². The molecule has 0 bridgehead atoms. The van der Waals surface area contributed by atoms with Crippen LogP contribution in [-0.4, -0.2) is 16.3 Å². The lowest BCUT2D eigenvalue weighted by Crippen LogP contribution is -2.24. The Morgan fingerprint density at radius 1 is 1.40 bits per heavy atom. The molecule has 0 saturated heterocycles. The van der Waals surface area contributed by atoms with E-state index in [0.29, 0.717) is 6.04 Å². The van der Waals surface area contributed by atoms with Crippen molar-refractivity contribution < 1.29 is 0 Å². The van der Waals surface area contributed by atoms with E-state index in [2.05, 4.69) is 64.5 Å². The molecule has 4 heteroatoms. The van der Waals surface area contributed by atoms with E-state index in [1.807, 2.05) is 17.9 Å². The zero-order chi connectivity index (χ0) is 14.5. The van der Waals surface area contributed by atoms with Gasteiger partial charge in [0.05, 0.1) is 6.20 Å². The minimum atomic E-state index is 0.318. The van der Waals surface area contributed by atoms with Crippen LogP contribution in [0.1, 0.15) is 36.2 Å². The average Bonchev–Trinajstić information content (AvgIpc) is 2.75. The Hall–Kier alpha value is -1.13. The van der Waals surface area contributed by atoms with Crippen molar-refractivity contribution in [3.05, 3.63) is 51.8 Å². The minimum absolute atomic E-state index is 0.318. The Balaban J connectivity index is 2.21. The average molecular weight is 336 g/mol. The standard InChI is InChI=1S/C16H22BrN3/c1-4-8-18-16(15-11-19-20(3)12(15)2)10-13-6-5-7-14(17)9-13/h5-7,9,11,16,18H,4,8,10H2,1-3H3. The normalized spacial score (nSPS) is 12.6. The van der Waals surface area contributed by atoms with E-state index in [4.69, 9.17) is 0 Å². The molecule has 1 heterocycles. The summed E-state index contributed by atoms with van der Waals surface area (Å²) in [6.07, 6.45) is 4.10. The minimum Gasteiger partial charge on any atom is -0.310 e. The van der Waals surface area contributed by atoms with Crippen LogP contribution in [0.4, 0.5) is 0 Å². The molecule has 0 aliphatic rings. The van der Waals surface area contributed by atoms with Crippen molar-refractivity contribution in [2.24, 2.45) is 7.05 Å². The molecule has 0 fully saturated rings. The first-order valence-electron chi connectivity index (χ1n) is 7.08. The Labute approximate surface area is 129 Å². The molecule has 1 unspecified atom stereocenters. The monoisotopic (exact) mass is 335 g/mol. The van der Waals surface area contributed by atoms with Gasteiger partial charge in [0.25, 0.3) is 0 Å². The third-order valence-corrected chi connectivity index (χ3v) is 4.11. The van der Waals surface area contributed by atoms with Crippen molar-refractivity contribution in [1.29, 1.82) is 0 Å². The van der Waals surface area contributed by atoms with Gasteiger partial charge in [-0.05, 0) is 44.0 Å². The molecule has 0 amide bonds. The van der Waals surface area contributed by atoms with E-state index in [0.717, 1.165) is 23.9 Å². The second-order valence-corrected chi connectivity index (χ2v) is 6.07. The SMILES string of the molecule is CCCNC(Cc1cccc(Br)c1)c1cnn(C)c1C. The van der Waals surface area contributed by atoms with Crippen LogP contribution >= 0.6 is 15.9 Å². The van der Waals surface area contributed by atoms with Gasteiger partial charge in [0.1, 0.15) is 0 Å². The van der Waals surface area contributed by atoms with Crippen molar-refractivity contribution in [2.45, 2.75) is 32.7 Å². The molecule has 0 aliphatic carbocycles. The molecule has 0 saturated carbocycles. The summed E-state index contributed by atoms with van der Waals surface area (Å²) in [5.41, 5.74) is 3.85. The summed E-state index contributed by atoms with van der Waals surface area (Å²) >= 11 is 3.54. The third kappa shape index (κ3) is 3.70. The highest BCUT2D eigenvalue weighted by atomic mass is 79.9. The fraction of sp³-hybridized carbons (Fsp3) is 0.438. The summed E-state index contributed by atoms with van der Waals surface area (Å²) in [7, 11) is 1.99. The molecule has 1 aromatic heterocycles. The molecule has 1 atom stereocenters. The smallest absolute Gasteiger partial charge is 0.0540 e. The Morgan fingerprint density at radius 3 is 2.80 bits per heavy atom. The van der Waals surface area contributed by atoms with Crippen LogP contribution in [0.25, 0.3) is 0 Å². The van der Waals surface area contributed by atoms with Gasteiger partial charge in [0.15, 0.2) is 0 Å². The molecule has 2 rings (SSSR count). The van der Waals surface area contributed by atoms with Gasteiger partial charge in [0, 0.05) is 28.8 Å². The van der Waals surface area contributed by atoms with Crippen LogP contribution < -0.4 is 5.32 Å². The molecule has 0 spiro atoms. The van der Waals surface area contributed by atoms with Gasteiger partial charge in [-0.25, -0.2) is 0 Å². The first-order chi connectivity index (χ1) is 9.61. The highest BCUT2D eigenvalue weighted by molar-refractivity contribution is 9.10. The molecule has 2 aromatic rings. The van der Waals surface area contributed by atoms with Crippen LogP contribution in [0.15, 0.2) is 34.9 Å². The molecular weight excluding hydrogens is 314 g/mol. The molecule has 1 N–H and O–H groups in total. The van der Waals surface area contributed by atoms with Crippen molar-refractivity contribution >= 4 is 15.9 Å². The van der Waals surface area contributed by atoms with Crippen LogP contribution in [0, 0.1) is 6.92 Å². The lowest BCUT2D eigenvalue weighted by atomic mass is 9.99. The Bertz CT molecular complexity index is 563. The summed E-state index contributed by atoms with van der Waals surface area (Å²) in [4.78, 5) is 0. The van der Waals surface area contributed by atoms with Gasteiger partial charge < -0.3 is 5.32 Å². The summed E-state index contributed by atoms with van der Waals surface area (Å²) < 4.78 is 3.07. The van der Waals surface area contributed by atoms with E-state index in [1.54, 1.807) is 0 Å². The Kier molecular flexibility index (Phi) is 5.38. The Morgan fingerprint density at radius 2 is 2.20 bits per heavy atom. The highest BCUT2D eigenvalue weighted by Crippen LogP contribution is 2.23. The predicted octanol–water partition coefficient (Wildman–Crippen LogP) is 3.77. The summed E-state index contributed by atoms with van der Waals surface area (Å²) in [6, 6.07) is 8.83. The largest absolute Gasteiger partial charge is 0.310 e. The van der Waals surface area contributed by atoms with Gasteiger partial charge in [0.2, 0.25) is 0 Å². The molecule has 20 heavy (non-hydrogen) atoms. The number of hydrogen-bond donors (Lipinski definition) is 1. The summed E-state index contributed by atoms with van der Waals surface area (Å²) in [5, 5.41) is 8.01. The molecule has 1 aromatic carbocycles. The van der Waals surface area contributed by atoms with Crippen LogP contribution in [-0.2, 0) is 13.5 Å². The lowest BCUT2D eigenvalue weighted by molar-refractivity contribution is 0.526. The number of nitrogens with one attached hydrogen (secondary N) is 1. The fourth-order valence-corrected chi connectivity index (χ4v) is 2.81. The maximum absolute atomic E-state index is 4.37. The molecule has 108 valence electrons. The number of rotatable bonds is 6. The second-order valence-electron chi connectivity index (χ2n) is 5.15. The first kappa shape index (κ1) is 15.3. The van der Waals surface area contributed by atoms with E-state index in [9.17, 15) is 0 Å². The van der Waals surface area contributed by atoms with Crippen molar-refractivity contribution in [1.82, 2.24) is 15.1 Å².